The molecule has 0 unspecified atom stereocenters. The molecule has 2 heteroatoms. The van der Waals surface area contributed by atoms with Gasteiger partial charge in [-0.3, -0.25) is 0 Å². The van der Waals surface area contributed by atoms with Gasteiger partial charge in [-0.15, -0.1) is 0 Å². The van der Waals surface area contributed by atoms with Crippen molar-refractivity contribution in [2.45, 2.75) is 84.0 Å². The Bertz CT molecular complexity index is 379. The Morgan fingerprint density at radius 1 is 0.609 bits per heavy atom. The van der Waals surface area contributed by atoms with Crippen molar-refractivity contribution < 1.29 is 9.47 Å². The minimum atomic E-state index is 0.891. The van der Waals surface area contributed by atoms with E-state index in [1.54, 1.807) is 14.2 Å². The van der Waals surface area contributed by atoms with Gasteiger partial charge < -0.3 is 9.47 Å². The van der Waals surface area contributed by atoms with Crippen LogP contribution in [0, 0.1) is 0 Å². The molecule has 1 rings (SSSR count). The van der Waals surface area contributed by atoms with E-state index in [4.69, 9.17) is 9.47 Å². The fourth-order valence-electron chi connectivity index (χ4n) is 3.00. The summed E-state index contributed by atoms with van der Waals surface area (Å²) in [6.07, 6.45) is 16.4. The third-order valence-electron chi connectivity index (χ3n) is 4.48. The summed E-state index contributed by atoms with van der Waals surface area (Å²) in [5, 5.41) is 0. The minimum absolute atomic E-state index is 0.891. The van der Waals surface area contributed by atoms with Crippen LogP contribution >= 0.6 is 0 Å². The van der Waals surface area contributed by atoms with E-state index in [1.165, 1.54) is 76.2 Å². The van der Waals surface area contributed by atoms with Crippen molar-refractivity contribution in [2.75, 3.05) is 14.2 Å². The number of hydrogen-bond acceptors (Lipinski definition) is 2. The summed E-state index contributed by atoms with van der Waals surface area (Å²) >= 11 is 0. The Kier molecular flexibility index (Phi) is 11.5. The molecule has 1 aromatic carbocycles. The Morgan fingerprint density at radius 2 is 1.04 bits per heavy atom. The Labute approximate surface area is 143 Å². The molecular weight excluding hydrogens is 284 g/mol. The zero-order valence-corrected chi connectivity index (χ0v) is 15.5. The predicted octanol–water partition coefficient (Wildman–Crippen LogP) is 6.56. The topological polar surface area (TPSA) is 18.5 Å². The summed E-state index contributed by atoms with van der Waals surface area (Å²) in [6.45, 7) is 2.28. The number of ether oxygens (including phenoxy) is 2. The highest BCUT2D eigenvalue weighted by atomic mass is 16.5. The number of unbranched alkanes of at least 4 members (excludes halogenated alkanes) is 10. The molecular formula is C21H36O2. The molecule has 0 saturated carbocycles. The van der Waals surface area contributed by atoms with Crippen LogP contribution in [-0.2, 0) is 6.42 Å². The lowest BCUT2D eigenvalue weighted by Gasteiger charge is -2.08. The molecule has 0 amide bonds. The molecule has 2 nitrogen and oxygen atoms in total. The number of rotatable bonds is 14. The third-order valence-corrected chi connectivity index (χ3v) is 4.48. The Hall–Kier alpha value is -1.18. The predicted molar refractivity (Wildman–Crippen MR) is 99.7 cm³/mol. The van der Waals surface area contributed by atoms with Gasteiger partial charge in [-0.2, -0.15) is 0 Å². The number of aryl methyl sites for hydroxylation is 1. The quantitative estimate of drug-likeness (QED) is 0.361. The maximum absolute atomic E-state index is 5.32. The second-order valence-corrected chi connectivity index (χ2v) is 6.51. The molecule has 0 aliphatic carbocycles. The van der Waals surface area contributed by atoms with Gasteiger partial charge in [0.2, 0.25) is 0 Å². The van der Waals surface area contributed by atoms with E-state index >= 15 is 0 Å². The van der Waals surface area contributed by atoms with E-state index in [0.717, 1.165) is 17.9 Å². The monoisotopic (exact) mass is 320 g/mol. The molecule has 0 bridgehead atoms. The SMILES string of the molecule is CCCCCCCCCCCCCc1cc(OC)cc(OC)c1. The fourth-order valence-corrected chi connectivity index (χ4v) is 3.00. The smallest absolute Gasteiger partial charge is 0.122 e. The van der Waals surface area contributed by atoms with Gasteiger partial charge in [0.15, 0.2) is 0 Å². The van der Waals surface area contributed by atoms with Crippen LogP contribution in [0.2, 0.25) is 0 Å². The van der Waals surface area contributed by atoms with Crippen LogP contribution in [-0.4, -0.2) is 14.2 Å². The molecule has 0 aliphatic heterocycles. The van der Waals surface area contributed by atoms with E-state index in [9.17, 15) is 0 Å². The molecule has 0 fully saturated rings. The lowest BCUT2D eigenvalue weighted by molar-refractivity contribution is 0.393. The van der Waals surface area contributed by atoms with Crippen molar-refractivity contribution in [2.24, 2.45) is 0 Å². The summed E-state index contributed by atoms with van der Waals surface area (Å²) in [7, 11) is 3.42. The van der Waals surface area contributed by atoms with Gasteiger partial charge in [0.25, 0.3) is 0 Å². The van der Waals surface area contributed by atoms with E-state index in [2.05, 4.69) is 19.1 Å². The van der Waals surface area contributed by atoms with Crippen molar-refractivity contribution in [1.29, 1.82) is 0 Å². The molecule has 0 aliphatic rings. The van der Waals surface area contributed by atoms with Crippen molar-refractivity contribution in [3.8, 4) is 11.5 Å². The highest BCUT2D eigenvalue weighted by Gasteiger charge is 2.02. The summed E-state index contributed by atoms with van der Waals surface area (Å²) in [5.74, 6) is 1.78. The van der Waals surface area contributed by atoms with Crippen molar-refractivity contribution in [1.82, 2.24) is 0 Å². The van der Waals surface area contributed by atoms with Crippen LogP contribution in [0.5, 0.6) is 11.5 Å². The van der Waals surface area contributed by atoms with Crippen LogP contribution in [0.3, 0.4) is 0 Å². The average molecular weight is 321 g/mol. The van der Waals surface area contributed by atoms with E-state index in [0.29, 0.717) is 0 Å². The number of benzene rings is 1. The van der Waals surface area contributed by atoms with Crippen molar-refractivity contribution >= 4 is 0 Å². The van der Waals surface area contributed by atoms with Gasteiger partial charge in [-0.1, -0.05) is 71.1 Å². The largest absolute Gasteiger partial charge is 0.497 e. The zero-order chi connectivity index (χ0) is 16.8. The van der Waals surface area contributed by atoms with E-state index < -0.39 is 0 Å². The zero-order valence-electron chi connectivity index (χ0n) is 15.5. The number of methoxy groups -OCH3 is 2. The van der Waals surface area contributed by atoms with Gasteiger partial charge in [-0.05, 0) is 30.5 Å². The average Bonchev–Trinajstić information content (AvgIpc) is 2.59. The Balaban J connectivity index is 2.04. The molecule has 0 aromatic heterocycles. The first-order valence-corrected chi connectivity index (χ1v) is 9.52. The van der Waals surface area contributed by atoms with Gasteiger partial charge in [-0.25, -0.2) is 0 Å². The van der Waals surface area contributed by atoms with Crippen molar-refractivity contribution in [3.05, 3.63) is 23.8 Å². The molecule has 0 saturated heterocycles. The second kappa shape index (κ2) is 13.3. The van der Waals surface area contributed by atoms with Crippen LogP contribution in [0.4, 0.5) is 0 Å². The molecule has 0 atom stereocenters. The van der Waals surface area contributed by atoms with Gasteiger partial charge >= 0.3 is 0 Å². The number of hydrogen-bond donors (Lipinski definition) is 0. The molecule has 0 radical (unpaired) electrons. The molecule has 23 heavy (non-hydrogen) atoms. The Morgan fingerprint density at radius 3 is 1.48 bits per heavy atom. The highest BCUT2D eigenvalue weighted by Crippen LogP contribution is 2.23. The maximum atomic E-state index is 5.32. The molecule has 0 heterocycles. The minimum Gasteiger partial charge on any atom is -0.497 e. The lowest BCUT2D eigenvalue weighted by Crippen LogP contribution is -1.92. The maximum Gasteiger partial charge on any atom is 0.122 e. The van der Waals surface area contributed by atoms with Gasteiger partial charge in [0, 0.05) is 6.07 Å². The first-order chi connectivity index (χ1) is 11.3. The standard InChI is InChI=1S/C21H36O2/c1-4-5-6-7-8-9-10-11-12-13-14-15-19-16-20(22-2)18-21(17-19)23-3/h16-18H,4-15H2,1-3H3. The van der Waals surface area contributed by atoms with Crippen LogP contribution in [0.1, 0.15) is 83.1 Å². The first kappa shape index (κ1) is 19.9. The summed E-state index contributed by atoms with van der Waals surface area (Å²) in [5.41, 5.74) is 1.32. The summed E-state index contributed by atoms with van der Waals surface area (Å²) in [4.78, 5) is 0. The first-order valence-electron chi connectivity index (χ1n) is 9.52. The van der Waals surface area contributed by atoms with E-state index in [-0.39, 0.29) is 0 Å². The lowest BCUT2D eigenvalue weighted by atomic mass is 10.0. The van der Waals surface area contributed by atoms with Gasteiger partial charge in [0.05, 0.1) is 14.2 Å². The second-order valence-electron chi connectivity index (χ2n) is 6.51. The molecule has 0 N–H and O–H groups in total. The van der Waals surface area contributed by atoms with E-state index in [1.807, 2.05) is 6.07 Å². The van der Waals surface area contributed by atoms with Crippen LogP contribution < -0.4 is 9.47 Å². The molecule has 0 spiro atoms. The summed E-state index contributed by atoms with van der Waals surface area (Å²) < 4.78 is 10.6. The highest BCUT2D eigenvalue weighted by molar-refractivity contribution is 5.38. The van der Waals surface area contributed by atoms with Crippen LogP contribution in [0.15, 0.2) is 18.2 Å². The van der Waals surface area contributed by atoms with Crippen LogP contribution in [0.25, 0.3) is 0 Å². The molecule has 132 valence electrons. The normalized spacial score (nSPS) is 10.7. The summed E-state index contributed by atoms with van der Waals surface area (Å²) in [6, 6.07) is 6.18. The van der Waals surface area contributed by atoms with Crippen molar-refractivity contribution in [3.63, 3.8) is 0 Å². The fraction of sp³-hybridized carbons (Fsp3) is 0.714. The third kappa shape index (κ3) is 9.53. The molecule has 1 aromatic rings. The van der Waals surface area contributed by atoms with Gasteiger partial charge in [0.1, 0.15) is 11.5 Å².